The molecule has 14 heavy (non-hydrogen) atoms. The van der Waals surface area contributed by atoms with Crippen LogP contribution in [0.5, 0.6) is 0 Å². The fourth-order valence-corrected chi connectivity index (χ4v) is 1.47. The molecule has 0 amide bonds. The van der Waals surface area contributed by atoms with Crippen molar-refractivity contribution in [2.24, 2.45) is 5.73 Å². The summed E-state index contributed by atoms with van der Waals surface area (Å²) in [4.78, 5) is 10.6. The third-order valence-corrected chi connectivity index (χ3v) is 2.47. The van der Waals surface area contributed by atoms with Crippen molar-refractivity contribution in [2.45, 2.75) is 6.54 Å². The van der Waals surface area contributed by atoms with Crippen LogP contribution in [0.1, 0.15) is 5.69 Å². The van der Waals surface area contributed by atoms with Crippen molar-refractivity contribution >= 4 is 17.7 Å². The average molecular weight is 212 g/mol. The van der Waals surface area contributed by atoms with E-state index < -0.39 is 0 Å². The Hall–Kier alpha value is -0.810. The SMILES string of the molecule is CSCCN(C)c1nccc(CN)n1. The molecule has 0 aliphatic heterocycles. The Labute approximate surface area is 88.9 Å². The lowest BCUT2D eigenvalue weighted by Gasteiger charge is -2.16. The summed E-state index contributed by atoms with van der Waals surface area (Å²) < 4.78 is 0. The van der Waals surface area contributed by atoms with Crippen molar-refractivity contribution < 1.29 is 0 Å². The van der Waals surface area contributed by atoms with Crippen molar-refractivity contribution in [1.82, 2.24) is 9.97 Å². The fraction of sp³-hybridized carbons (Fsp3) is 0.556. The molecule has 78 valence electrons. The lowest BCUT2D eigenvalue weighted by atomic mass is 10.4. The standard InChI is InChI=1S/C9H16N4S/c1-13(5-6-14-2)9-11-4-3-8(7-10)12-9/h3-4H,5-7,10H2,1-2H3. The van der Waals surface area contributed by atoms with Crippen LogP contribution in [-0.2, 0) is 6.54 Å². The molecule has 1 aromatic heterocycles. The second-order valence-corrected chi connectivity index (χ2v) is 3.95. The topological polar surface area (TPSA) is 55.0 Å². The van der Waals surface area contributed by atoms with E-state index in [1.54, 1.807) is 6.20 Å². The summed E-state index contributed by atoms with van der Waals surface area (Å²) in [6, 6.07) is 1.84. The molecular weight excluding hydrogens is 196 g/mol. The molecule has 5 heteroatoms. The lowest BCUT2D eigenvalue weighted by molar-refractivity contribution is 0.875. The Kier molecular flexibility index (Phi) is 4.69. The summed E-state index contributed by atoms with van der Waals surface area (Å²) in [6.07, 6.45) is 3.84. The van der Waals surface area contributed by atoms with Crippen LogP contribution >= 0.6 is 11.8 Å². The lowest BCUT2D eigenvalue weighted by Crippen LogP contribution is -2.23. The van der Waals surface area contributed by atoms with E-state index in [9.17, 15) is 0 Å². The number of anilines is 1. The van der Waals surface area contributed by atoms with Crippen molar-refractivity contribution in [1.29, 1.82) is 0 Å². The number of aromatic nitrogens is 2. The maximum Gasteiger partial charge on any atom is 0.225 e. The average Bonchev–Trinajstić information content (AvgIpc) is 2.26. The van der Waals surface area contributed by atoms with E-state index in [2.05, 4.69) is 16.2 Å². The van der Waals surface area contributed by atoms with Gasteiger partial charge in [-0.1, -0.05) is 0 Å². The van der Waals surface area contributed by atoms with Gasteiger partial charge in [-0.25, -0.2) is 9.97 Å². The first-order valence-electron chi connectivity index (χ1n) is 4.50. The van der Waals surface area contributed by atoms with Crippen molar-refractivity contribution in [3.05, 3.63) is 18.0 Å². The highest BCUT2D eigenvalue weighted by molar-refractivity contribution is 7.98. The predicted molar refractivity (Wildman–Crippen MR) is 61.6 cm³/mol. The Balaban J connectivity index is 2.64. The largest absolute Gasteiger partial charge is 0.343 e. The minimum Gasteiger partial charge on any atom is -0.343 e. The molecule has 0 atom stereocenters. The highest BCUT2D eigenvalue weighted by Crippen LogP contribution is 2.05. The van der Waals surface area contributed by atoms with Gasteiger partial charge in [-0.2, -0.15) is 11.8 Å². The third kappa shape index (κ3) is 3.16. The first-order valence-corrected chi connectivity index (χ1v) is 5.89. The van der Waals surface area contributed by atoms with Gasteiger partial charge in [0.2, 0.25) is 5.95 Å². The zero-order chi connectivity index (χ0) is 10.4. The Morgan fingerprint density at radius 3 is 3.00 bits per heavy atom. The van der Waals surface area contributed by atoms with Gasteiger partial charge in [-0.05, 0) is 12.3 Å². The van der Waals surface area contributed by atoms with Gasteiger partial charge in [0.25, 0.3) is 0 Å². The molecule has 0 unspecified atom stereocenters. The monoisotopic (exact) mass is 212 g/mol. The number of hydrogen-bond donors (Lipinski definition) is 1. The molecule has 0 radical (unpaired) electrons. The van der Waals surface area contributed by atoms with Gasteiger partial charge in [0.05, 0.1) is 5.69 Å². The number of nitrogens with zero attached hydrogens (tertiary/aromatic N) is 3. The van der Waals surface area contributed by atoms with Crippen molar-refractivity contribution in [2.75, 3.05) is 30.5 Å². The van der Waals surface area contributed by atoms with Gasteiger partial charge in [0.1, 0.15) is 0 Å². The smallest absolute Gasteiger partial charge is 0.225 e. The summed E-state index contributed by atoms with van der Waals surface area (Å²) in [6.45, 7) is 1.42. The normalized spacial score (nSPS) is 10.2. The van der Waals surface area contributed by atoms with Crippen LogP contribution in [0.25, 0.3) is 0 Å². The van der Waals surface area contributed by atoms with Crippen LogP contribution in [0.4, 0.5) is 5.95 Å². The highest BCUT2D eigenvalue weighted by atomic mass is 32.2. The second-order valence-electron chi connectivity index (χ2n) is 2.97. The third-order valence-electron chi connectivity index (χ3n) is 1.88. The van der Waals surface area contributed by atoms with E-state index in [4.69, 9.17) is 5.73 Å². The summed E-state index contributed by atoms with van der Waals surface area (Å²) in [5.41, 5.74) is 6.39. The molecule has 4 nitrogen and oxygen atoms in total. The van der Waals surface area contributed by atoms with Gasteiger partial charge in [0, 0.05) is 32.1 Å². The van der Waals surface area contributed by atoms with Crippen LogP contribution < -0.4 is 10.6 Å². The first kappa shape index (κ1) is 11.3. The summed E-state index contributed by atoms with van der Waals surface area (Å²) in [5.74, 6) is 1.83. The summed E-state index contributed by atoms with van der Waals surface area (Å²) >= 11 is 1.81. The molecular formula is C9H16N4S. The van der Waals surface area contributed by atoms with Crippen LogP contribution in [0.15, 0.2) is 12.3 Å². The number of nitrogens with two attached hydrogens (primary N) is 1. The van der Waals surface area contributed by atoms with E-state index in [1.165, 1.54) is 0 Å². The Bertz CT molecular complexity index is 279. The summed E-state index contributed by atoms with van der Waals surface area (Å²) in [7, 11) is 1.99. The highest BCUT2D eigenvalue weighted by Gasteiger charge is 2.03. The van der Waals surface area contributed by atoms with E-state index in [-0.39, 0.29) is 0 Å². The van der Waals surface area contributed by atoms with Crippen LogP contribution in [-0.4, -0.2) is 35.6 Å². The van der Waals surface area contributed by atoms with Crippen molar-refractivity contribution in [3.8, 4) is 0 Å². The van der Waals surface area contributed by atoms with E-state index >= 15 is 0 Å². The molecule has 0 aliphatic carbocycles. The number of thioether (sulfide) groups is 1. The Morgan fingerprint density at radius 1 is 1.57 bits per heavy atom. The molecule has 0 saturated carbocycles. The second kappa shape index (κ2) is 5.82. The van der Waals surface area contributed by atoms with Crippen LogP contribution in [0.3, 0.4) is 0 Å². The zero-order valence-corrected chi connectivity index (χ0v) is 9.42. The van der Waals surface area contributed by atoms with Crippen molar-refractivity contribution in [3.63, 3.8) is 0 Å². The predicted octanol–water partition coefficient (Wildman–Crippen LogP) is 0.734. The number of rotatable bonds is 5. The fourth-order valence-electron chi connectivity index (χ4n) is 1.01. The molecule has 1 heterocycles. The molecule has 1 rings (SSSR count). The van der Waals surface area contributed by atoms with Gasteiger partial charge in [-0.3, -0.25) is 0 Å². The van der Waals surface area contributed by atoms with Gasteiger partial charge in [0.15, 0.2) is 0 Å². The van der Waals surface area contributed by atoms with Gasteiger partial charge < -0.3 is 10.6 Å². The molecule has 0 bridgehead atoms. The van der Waals surface area contributed by atoms with Crippen LogP contribution in [0.2, 0.25) is 0 Å². The number of hydrogen-bond acceptors (Lipinski definition) is 5. The Morgan fingerprint density at radius 2 is 2.36 bits per heavy atom. The maximum absolute atomic E-state index is 5.51. The quantitative estimate of drug-likeness (QED) is 0.780. The van der Waals surface area contributed by atoms with Gasteiger partial charge in [-0.15, -0.1) is 0 Å². The minimum absolute atomic E-state index is 0.464. The van der Waals surface area contributed by atoms with Crippen LogP contribution in [0, 0.1) is 0 Å². The first-order chi connectivity index (χ1) is 6.77. The molecule has 0 saturated heterocycles. The van der Waals surface area contributed by atoms with E-state index in [0.29, 0.717) is 6.54 Å². The molecule has 0 aliphatic rings. The summed E-state index contributed by atoms with van der Waals surface area (Å²) in [5, 5.41) is 0. The minimum atomic E-state index is 0.464. The molecule has 2 N–H and O–H groups in total. The van der Waals surface area contributed by atoms with E-state index in [1.807, 2.05) is 29.8 Å². The maximum atomic E-state index is 5.51. The molecule has 1 aromatic rings. The molecule has 0 aromatic carbocycles. The zero-order valence-electron chi connectivity index (χ0n) is 8.60. The molecule has 0 spiro atoms. The van der Waals surface area contributed by atoms with E-state index in [0.717, 1.165) is 23.9 Å². The molecule has 0 fully saturated rings. The van der Waals surface area contributed by atoms with Gasteiger partial charge >= 0.3 is 0 Å².